The number of hydrogen-bond acceptors (Lipinski definition) is 2. The van der Waals surface area contributed by atoms with Crippen LogP contribution in [-0.2, 0) is 0 Å². The van der Waals surface area contributed by atoms with E-state index in [1.165, 1.54) is 44.5 Å². The Bertz CT molecular complexity index is 1290. The number of anilines is 4. The Kier molecular flexibility index (Phi) is 6.62. The van der Waals surface area contributed by atoms with Gasteiger partial charge in [-0.2, -0.15) is 0 Å². The molecule has 0 atom stereocenters. The summed E-state index contributed by atoms with van der Waals surface area (Å²) in [5.41, 5.74) is 14.5. The molecule has 0 unspecified atom stereocenters. The fraction of sp³-hybridized carbons (Fsp3) is 0.200. The Morgan fingerprint density at radius 3 is 1.64 bits per heavy atom. The van der Waals surface area contributed by atoms with Gasteiger partial charge >= 0.3 is 0 Å². The van der Waals surface area contributed by atoms with Crippen molar-refractivity contribution in [2.24, 2.45) is 0 Å². The summed E-state index contributed by atoms with van der Waals surface area (Å²) in [6, 6.07) is 23.8. The summed E-state index contributed by atoms with van der Waals surface area (Å²) < 4.78 is 1.05. The number of hydrogen-bond donors (Lipinski definition) is 2. The van der Waals surface area contributed by atoms with Crippen LogP contribution < -0.4 is 10.6 Å². The Labute approximate surface area is 206 Å². The van der Waals surface area contributed by atoms with Crippen molar-refractivity contribution in [3.8, 4) is 11.1 Å². The van der Waals surface area contributed by atoms with Crippen molar-refractivity contribution < 1.29 is 0 Å². The lowest BCUT2D eigenvalue weighted by molar-refractivity contribution is 1.31. The van der Waals surface area contributed by atoms with Crippen LogP contribution in [-0.4, -0.2) is 0 Å². The molecular formula is C30H31BrN2. The van der Waals surface area contributed by atoms with Crippen molar-refractivity contribution in [3.63, 3.8) is 0 Å². The number of rotatable bonds is 5. The molecule has 0 aliphatic heterocycles. The van der Waals surface area contributed by atoms with E-state index in [9.17, 15) is 0 Å². The first kappa shape index (κ1) is 23.1. The number of benzene rings is 4. The lowest BCUT2D eigenvalue weighted by Gasteiger charge is -2.20. The molecule has 0 bridgehead atoms. The maximum atomic E-state index is 3.73. The Morgan fingerprint density at radius 2 is 1.06 bits per heavy atom. The van der Waals surface area contributed by atoms with Crippen LogP contribution in [0.3, 0.4) is 0 Å². The summed E-state index contributed by atoms with van der Waals surface area (Å²) in [4.78, 5) is 0. The molecule has 0 aliphatic rings. The minimum absolute atomic E-state index is 1.04. The standard InChI is InChI=1S/C30H31BrN2/c1-18-13-20(3)29(21(4)14-18)25-12-11-24(31)17-28(25)32-26-9-7-8-10-27(26)33-30-22(5)15-19(2)16-23(30)6/h7-17,32-33H,1-6H3. The molecule has 0 saturated heterocycles. The van der Waals surface area contributed by atoms with Gasteiger partial charge in [0.2, 0.25) is 0 Å². The third-order valence-corrected chi connectivity index (χ3v) is 6.55. The van der Waals surface area contributed by atoms with Crippen LogP contribution in [0.15, 0.2) is 71.2 Å². The van der Waals surface area contributed by atoms with Crippen molar-refractivity contribution >= 4 is 38.7 Å². The van der Waals surface area contributed by atoms with Crippen molar-refractivity contribution in [2.45, 2.75) is 41.5 Å². The average Bonchev–Trinajstić information content (AvgIpc) is 2.72. The summed E-state index contributed by atoms with van der Waals surface area (Å²) in [6.07, 6.45) is 0. The van der Waals surface area contributed by atoms with Gasteiger partial charge in [0, 0.05) is 21.4 Å². The topological polar surface area (TPSA) is 24.1 Å². The maximum absolute atomic E-state index is 3.73. The lowest BCUT2D eigenvalue weighted by Crippen LogP contribution is -2.02. The predicted molar refractivity (Wildman–Crippen MR) is 147 cm³/mol. The molecule has 0 aromatic heterocycles. The van der Waals surface area contributed by atoms with E-state index in [0.717, 1.165) is 27.2 Å². The fourth-order valence-corrected chi connectivity index (χ4v) is 5.16. The molecule has 0 amide bonds. The molecule has 2 N–H and O–H groups in total. The van der Waals surface area contributed by atoms with Gasteiger partial charge < -0.3 is 10.6 Å². The van der Waals surface area contributed by atoms with E-state index in [1.54, 1.807) is 0 Å². The molecule has 168 valence electrons. The van der Waals surface area contributed by atoms with Gasteiger partial charge in [-0.3, -0.25) is 0 Å². The fourth-order valence-electron chi connectivity index (χ4n) is 4.80. The molecule has 3 heteroatoms. The summed E-state index contributed by atoms with van der Waals surface area (Å²) in [6.45, 7) is 13.0. The van der Waals surface area contributed by atoms with Gasteiger partial charge in [0.15, 0.2) is 0 Å². The first-order chi connectivity index (χ1) is 15.7. The molecule has 33 heavy (non-hydrogen) atoms. The quantitative estimate of drug-likeness (QED) is 0.286. The van der Waals surface area contributed by atoms with Crippen molar-refractivity contribution in [1.82, 2.24) is 0 Å². The Morgan fingerprint density at radius 1 is 0.545 bits per heavy atom. The molecule has 0 fully saturated rings. The molecule has 4 aromatic carbocycles. The second-order valence-corrected chi connectivity index (χ2v) is 9.95. The van der Waals surface area contributed by atoms with E-state index >= 15 is 0 Å². The van der Waals surface area contributed by atoms with E-state index in [2.05, 4.69) is 135 Å². The van der Waals surface area contributed by atoms with E-state index in [4.69, 9.17) is 0 Å². The highest BCUT2D eigenvalue weighted by atomic mass is 79.9. The third kappa shape index (κ3) is 4.99. The Hall–Kier alpha value is -3.04. The molecule has 4 aromatic rings. The summed E-state index contributed by atoms with van der Waals surface area (Å²) in [5, 5.41) is 7.41. The minimum atomic E-state index is 1.04. The zero-order valence-electron chi connectivity index (χ0n) is 20.2. The van der Waals surface area contributed by atoms with Gasteiger partial charge in [-0.15, -0.1) is 0 Å². The van der Waals surface area contributed by atoms with Crippen molar-refractivity contribution in [3.05, 3.63) is 105 Å². The van der Waals surface area contributed by atoms with E-state index in [-0.39, 0.29) is 0 Å². The number of para-hydroxylation sites is 2. The zero-order valence-corrected chi connectivity index (χ0v) is 21.8. The van der Waals surface area contributed by atoms with Gasteiger partial charge in [0.05, 0.1) is 11.4 Å². The van der Waals surface area contributed by atoms with Crippen LogP contribution in [0.1, 0.15) is 33.4 Å². The number of aryl methyl sites for hydroxylation is 6. The largest absolute Gasteiger partial charge is 0.353 e. The van der Waals surface area contributed by atoms with Gasteiger partial charge in [-0.05, 0) is 93.6 Å². The van der Waals surface area contributed by atoms with E-state index < -0.39 is 0 Å². The zero-order chi connectivity index (χ0) is 23.7. The molecule has 4 rings (SSSR count). The third-order valence-electron chi connectivity index (χ3n) is 6.06. The van der Waals surface area contributed by atoms with Gasteiger partial charge in [-0.25, -0.2) is 0 Å². The second kappa shape index (κ2) is 9.44. The molecule has 0 spiro atoms. The monoisotopic (exact) mass is 498 g/mol. The minimum Gasteiger partial charge on any atom is -0.353 e. The van der Waals surface area contributed by atoms with E-state index in [1.807, 2.05) is 0 Å². The van der Waals surface area contributed by atoms with E-state index in [0.29, 0.717) is 0 Å². The molecule has 0 saturated carbocycles. The highest BCUT2D eigenvalue weighted by Crippen LogP contribution is 2.39. The van der Waals surface area contributed by atoms with Crippen molar-refractivity contribution in [1.29, 1.82) is 0 Å². The first-order valence-corrected chi connectivity index (χ1v) is 12.1. The predicted octanol–water partition coefficient (Wildman–Crippen LogP) is 9.45. The van der Waals surface area contributed by atoms with Crippen LogP contribution in [0, 0.1) is 41.5 Å². The number of nitrogens with one attached hydrogen (secondary N) is 2. The summed E-state index contributed by atoms with van der Waals surface area (Å²) in [5.74, 6) is 0. The molecule has 0 heterocycles. The molecule has 2 nitrogen and oxygen atoms in total. The van der Waals surface area contributed by atoms with Gasteiger partial charge in [0.25, 0.3) is 0 Å². The molecule has 0 radical (unpaired) electrons. The number of halogens is 1. The highest BCUT2D eigenvalue weighted by Gasteiger charge is 2.14. The smallest absolute Gasteiger partial charge is 0.0623 e. The molecule has 0 aliphatic carbocycles. The normalized spacial score (nSPS) is 10.9. The second-order valence-electron chi connectivity index (χ2n) is 9.03. The average molecular weight is 499 g/mol. The van der Waals surface area contributed by atoms with Gasteiger partial charge in [-0.1, -0.05) is 69.5 Å². The van der Waals surface area contributed by atoms with Crippen LogP contribution >= 0.6 is 15.9 Å². The van der Waals surface area contributed by atoms with Crippen LogP contribution in [0.4, 0.5) is 22.7 Å². The van der Waals surface area contributed by atoms with Crippen molar-refractivity contribution in [2.75, 3.05) is 10.6 Å². The highest BCUT2D eigenvalue weighted by molar-refractivity contribution is 9.10. The first-order valence-electron chi connectivity index (χ1n) is 11.3. The van der Waals surface area contributed by atoms with Gasteiger partial charge in [0.1, 0.15) is 0 Å². The van der Waals surface area contributed by atoms with Crippen LogP contribution in [0.2, 0.25) is 0 Å². The Balaban J connectivity index is 1.77. The molecular weight excluding hydrogens is 468 g/mol. The SMILES string of the molecule is Cc1cc(C)c(Nc2ccccc2Nc2cc(Br)ccc2-c2c(C)cc(C)cc2C)c(C)c1. The maximum Gasteiger partial charge on any atom is 0.0623 e. The summed E-state index contributed by atoms with van der Waals surface area (Å²) in [7, 11) is 0. The summed E-state index contributed by atoms with van der Waals surface area (Å²) >= 11 is 3.67. The van der Waals surface area contributed by atoms with Crippen LogP contribution in [0.5, 0.6) is 0 Å². The van der Waals surface area contributed by atoms with Crippen LogP contribution in [0.25, 0.3) is 11.1 Å². The lowest BCUT2D eigenvalue weighted by atomic mass is 9.92.